The second-order valence-electron chi connectivity index (χ2n) is 6.71. The molecule has 0 aliphatic carbocycles. The Bertz CT molecular complexity index is 262. The Labute approximate surface area is 139 Å². The summed E-state index contributed by atoms with van der Waals surface area (Å²) >= 11 is 0. The van der Waals surface area contributed by atoms with Gasteiger partial charge >= 0.3 is 0 Å². The molecule has 0 fully saturated rings. The number of hydrogen-bond donors (Lipinski definition) is 0. The van der Waals surface area contributed by atoms with Crippen LogP contribution in [-0.2, 0) is 0 Å². The minimum absolute atomic E-state index is 1.11. The molecule has 0 rings (SSSR count). The van der Waals surface area contributed by atoms with E-state index in [1.165, 1.54) is 88.5 Å². The molecule has 0 spiro atoms. The second kappa shape index (κ2) is 16.7. The van der Waals surface area contributed by atoms with Gasteiger partial charge in [-0.1, -0.05) is 78.1 Å². The van der Waals surface area contributed by atoms with Crippen LogP contribution in [0.2, 0.25) is 0 Å². The molecule has 0 saturated carbocycles. The molecule has 0 amide bonds. The highest BCUT2D eigenvalue weighted by Gasteiger charge is 1.96. The van der Waals surface area contributed by atoms with Gasteiger partial charge in [-0.15, -0.1) is 0 Å². The topological polar surface area (TPSA) is 24.7 Å². The van der Waals surface area contributed by atoms with Crippen molar-refractivity contribution in [2.75, 3.05) is 0 Å². The maximum Gasteiger partial charge on any atom is 0.0375 e. The van der Waals surface area contributed by atoms with Crippen LogP contribution in [-0.4, -0.2) is 11.4 Å². The lowest BCUT2D eigenvalue weighted by molar-refractivity contribution is 0.614. The van der Waals surface area contributed by atoms with Crippen LogP contribution in [0.15, 0.2) is 10.2 Å². The molecule has 0 heterocycles. The Morgan fingerprint density at radius 1 is 0.500 bits per heavy atom. The van der Waals surface area contributed by atoms with Crippen LogP contribution in [0.4, 0.5) is 0 Å². The van der Waals surface area contributed by atoms with E-state index in [-0.39, 0.29) is 0 Å². The molecule has 0 bridgehead atoms. The molecule has 22 heavy (non-hydrogen) atoms. The SMILES string of the molecule is CCCCCCCC/C(C)=N/N=C(\C)CCCCCCCC. The van der Waals surface area contributed by atoms with Crippen LogP contribution in [0.25, 0.3) is 0 Å². The molecule has 130 valence electrons. The largest absolute Gasteiger partial charge is 0.161 e. The predicted molar refractivity (Wildman–Crippen MR) is 102 cm³/mol. The third-order valence-electron chi connectivity index (χ3n) is 4.18. The van der Waals surface area contributed by atoms with Gasteiger partial charge in [0.25, 0.3) is 0 Å². The van der Waals surface area contributed by atoms with E-state index in [1.807, 2.05) is 0 Å². The van der Waals surface area contributed by atoms with Crippen LogP contribution in [0.1, 0.15) is 118 Å². The van der Waals surface area contributed by atoms with Crippen molar-refractivity contribution in [2.24, 2.45) is 10.2 Å². The van der Waals surface area contributed by atoms with E-state index in [0.29, 0.717) is 0 Å². The third kappa shape index (κ3) is 15.7. The summed E-state index contributed by atoms with van der Waals surface area (Å²) in [6.45, 7) is 8.77. The van der Waals surface area contributed by atoms with E-state index < -0.39 is 0 Å². The molecule has 2 nitrogen and oxygen atoms in total. The lowest BCUT2D eigenvalue weighted by Crippen LogP contribution is -1.94. The summed E-state index contributed by atoms with van der Waals surface area (Å²) in [5.41, 5.74) is 2.38. The number of rotatable bonds is 15. The zero-order valence-corrected chi connectivity index (χ0v) is 15.8. The van der Waals surface area contributed by atoms with E-state index in [2.05, 4.69) is 37.9 Å². The molecule has 0 N–H and O–H groups in total. The summed E-state index contributed by atoms with van der Waals surface area (Å²) < 4.78 is 0. The number of hydrogen-bond acceptors (Lipinski definition) is 2. The van der Waals surface area contributed by atoms with Crippen LogP contribution >= 0.6 is 0 Å². The van der Waals surface area contributed by atoms with Gasteiger partial charge in [0, 0.05) is 11.4 Å². The van der Waals surface area contributed by atoms with Crippen molar-refractivity contribution in [3.8, 4) is 0 Å². The van der Waals surface area contributed by atoms with Gasteiger partial charge in [-0.2, -0.15) is 10.2 Å². The molecule has 0 aromatic rings. The minimum atomic E-state index is 1.11. The van der Waals surface area contributed by atoms with Crippen LogP contribution in [0, 0.1) is 0 Å². The Kier molecular flexibility index (Phi) is 16.2. The Morgan fingerprint density at radius 3 is 1.18 bits per heavy atom. The van der Waals surface area contributed by atoms with E-state index in [1.54, 1.807) is 0 Å². The van der Waals surface area contributed by atoms with E-state index in [4.69, 9.17) is 0 Å². The average molecular weight is 309 g/mol. The van der Waals surface area contributed by atoms with Crippen LogP contribution in [0.3, 0.4) is 0 Å². The van der Waals surface area contributed by atoms with Gasteiger partial charge < -0.3 is 0 Å². The first-order valence-corrected chi connectivity index (χ1v) is 9.77. The highest BCUT2D eigenvalue weighted by atomic mass is 15.2. The molecule has 0 aliphatic heterocycles. The van der Waals surface area contributed by atoms with Crippen LogP contribution < -0.4 is 0 Å². The molecule has 0 aromatic heterocycles. The zero-order valence-electron chi connectivity index (χ0n) is 15.8. The first-order valence-electron chi connectivity index (χ1n) is 9.77. The summed E-state index contributed by atoms with van der Waals surface area (Å²) in [4.78, 5) is 0. The lowest BCUT2D eigenvalue weighted by Gasteiger charge is -2.02. The van der Waals surface area contributed by atoms with Crippen molar-refractivity contribution < 1.29 is 0 Å². The molecule has 0 aliphatic rings. The van der Waals surface area contributed by atoms with Gasteiger partial charge in [0.15, 0.2) is 0 Å². The first kappa shape index (κ1) is 21.3. The molecule has 0 atom stereocenters. The van der Waals surface area contributed by atoms with Gasteiger partial charge in [0.1, 0.15) is 0 Å². The lowest BCUT2D eigenvalue weighted by atomic mass is 10.1. The van der Waals surface area contributed by atoms with Gasteiger partial charge in [-0.3, -0.25) is 0 Å². The zero-order chi connectivity index (χ0) is 16.5. The van der Waals surface area contributed by atoms with Gasteiger partial charge in [-0.25, -0.2) is 0 Å². The smallest absolute Gasteiger partial charge is 0.0375 e. The van der Waals surface area contributed by atoms with Gasteiger partial charge in [0.05, 0.1) is 0 Å². The molecule has 0 unspecified atom stereocenters. The monoisotopic (exact) mass is 308 g/mol. The van der Waals surface area contributed by atoms with Crippen molar-refractivity contribution in [3.05, 3.63) is 0 Å². The minimum Gasteiger partial charge on any atom is -0.161 e. The van der Waals surface area contributed by atoms with E-state index in [9.17, 15) is 0 Å². The van der Waals surface area contributed by atoms with E-state index in [0.717, 1.165) is 12.8 Å². The number of unbranched alkanes of at least 4 members (excludes halogenated alkanes) is 10. The highest BCUT2D eigenvalue weighted by molar-refractivity contribution is 5.85. The molecule has 0 radical (unpaired) electrons. The molecular formula is C20H40N2. The fraction of sp³-hybridized carbons (Fsp3) is 0.900. The second-order valence-corrected chi connectivity index (χ2v) is 6.71. The molecule has 2 heteroatoms. The predicted octanol–water partition coefficient (Wildman–Crippen LogP) is 7.32. The van der Waals surface area contributed by atoms with Crippen molar-refractivity contribution in [3.63, 3.8) is 0 Å². The Hall–Kier alpha value is -0.660. The van der Waals surface area contributed by atoms with Gasteiger partial charge in [0.2, 0.25) is 0 Å². The van der Waals surface area contributed by atoms with Crippen LogP contribution in [0.5, 0.6) is 0 Å². The summed E-state index contributed by atoms with van der Waals surface area (Å²) in [5, 5.41) is 8.78. The average Bonchev–Trinajstić information content (AvgIpc) is 2.52. The third-order valence-corrected chi connectivity index (χ3v) is 4.18. The number of nitrogens with zero attached hydrogens (tertiary/aromatic N) is 2. The summed E-state index contributed by atoms with van der Waals surface area (Å²) in [5.74, 6) is 0. The first-order chi connectivity index (χ1) is 10.7. The normalized spacial score (nSPS) is 12.9. The Balaban J connectivity index is 3.62. The van der Waals surface area contributed by atoms with Crippen molar-refractivity contribution in [1.29, 1.82) is 0 Å². The fourth-order valence-corrected chi connectivity index (χ4v) is 2.59. The maximum absolute atomic E-state index is 4.39. The summed E-state index contributed by atoms with van der Waals surface area (Å²) in [6.07, 6.45) is 18.4. The molecule has 0 saturated heterocycles. The summed E-state index contributed by atoms with van der Waals surface area (Å²) in [6, 6.07) is 0. The quantitative estimate of drug-likeness (QED) is 0.172. The highest BCUT2D eigenvalue weighted by Crippen LogP contribution is 2.09. The molecular weight excluding hydrogens is 268 g/mol. The maximum atomic E-state index is 4.39. The Morgan fingerprint density at radius 2 is 0.818 bits per heavy atom. The molecule has 0 aromatic carbocycles. The van der Waals surface area contributed by atoms with E-state index >= 15 is 0 Å². The van der Waals surface area contributed by atoms with Crippen molar-refractivity contribution in [2.45, 2.75) is 118 Å². The fourth-order valence-electron chi connectivity index (χ4n) is 2.59. The van der Waals surface area contributed by atoms with Gasteiger partial charge in [-0.05, 0) is 39.5 Å². The van der Waals surface area contributed by atoms with Crippen molar-refractivity contribution in [1.82, 2.24) is 0 Å². The summed E-state index contributed by atoms with van der Waals surface area (Å²) in [7, 11) is 0. The standard InChI is InChI=1S/C20H40N2/c1-5-7-9-11-13-15-17-19(3)21-22-20(4)18-16-14-12-10-8-6-2/h5-18H2,1-4H3/b21-19+,22-20+. The van der Waals surface area contributed by atoms with Crippen molar-refractivity contribution >= 4 is 11.4 Å².